The van der Waals surface area contributed by atoms with E-state index in [1.54, 1.807) is 34.8 Å². The predicted octanol–water partition coefficient (Wildman–Crippen LogP) is 5.11. The summed E-state index contributed by atoms with van der Waals surface area (Å²) in [5.41, 5.74) is 6.26. The first-order chi connectivity index (χ1) is 9.13. The SMILES string of the molecule is NC(Cc1sccc1Br)c1cc2ccc(F)cc2s1. The lowest BCUT2D eigenvalue weighted by Gasteiger charge is -2.07. The first kappa shape index (κ1) is 13.2. The third-order valence-electron chi connectivity index (χ3n) is 2.96. The van der Waals surface area contributed by atoms with Crippen LogP contribution in [0, 0.1) is 5.82 Å². The molecule has 3 aromatic rings. The van der Waals surface area contributed by atoms with E-state index in [0.29, 0.717) is 0 Å². The number of hydrogen-bond acceptors (Lipinski definition) is 3. The smallest absolute Gasteiger partial charge is 0.124 e. The van der Waals surface area contributed by atoms with E-state index in [-0.39, 0.29) is 11.9 Å². The molecule has 0 fully saturated rings. The first-order valence-electron chi connectivity index (χ1n) is 5.80. The zero-order chi connectivity index (χ0) is 13.4. The van der Waals surface area contributed by atoms with Crippen molar-refractivity contribution in [1.29, 1.82) is 0 Å². The van der Waals surface area contributed by atoms with Gasteiger partial charge >= 0.3 is 0 Å². The molecule has 98 valence electrons. The molecule has 0 aliphatic rings. The normalized spacial score (nSPS) is 13.0. The van der Waals surface area contributed by atoms with Crippen LogP contribution in [0.3, 0.4) is 0 Å². The van der Waals surface area contributed by atoms with Gasteiger partial charge in [-0.1, -0.05) is 6.07 Å². The van der Waals surface area contributed by atoms with Crippen molar-refractivity contribution < 1.29 is 4.39 Å². The van der Waals surface area contributed by atoms with Gasteiger partial charge in [0.1, 0.15) is 5.82 Å². The van der Waals surface area contributed by atoms with Crippen LogP contribution in [0.15, 0.2) is 40.2 Å². The van der Waals surface area contributed by atoms with E-state index >= 15 is 0 Å². The summed E-state index contributed by atoms with van der Waals surface area (Å²) in [6.45, 7) is 0. The molecule has 2 heterocycles. The summed E-state index contributed by atoms with van der Waals surface area (Å²) >= 11 is 6.79. The summed E-state index contributed by atoms with van der Waals surface area (Å²) < 4.78 is 15.2. The van der Waals surface area contributed by atoms with Gasteiger partial charge in [-0.05, 0) is 51.0 Å². The second kappa shape index (κ2) is 5.32. The van der Waals surface area contributed by atoms with Crippen LogP contribution in [0.2, 0.25) is 0 Å². The van der Waals surface area contributed by atoms with Gasteiger partial charge in [-0.25, -0.2) is 4.39 Å². The number of thiophene rings is 2. The minimum atomic E-state index is -0.199. The molecule has 0 amide bonds. The maximum Gasteiger partial charge on any atom is 0.124 e. The van der Waals surface area contributed by atoms with Crippen LogP contribution in [-0.2, 0) is 6.42 Å². The van der Waals surface area contributed by atoms with Gasteiger partial charge in [-0.2, -0.15) is 0 Å². The Hall–Kier alpha value is -0.750. The van der Waals surface area contributed by atoms with Crippen molar-refractivity contribution >= 4 is 48.7 Å². The molecule has 5 heteroatoms. The van der Waals surface area contributed by atoms with Crippen LogP contribution in [0.5, 0.6) is 0 Å². The Kier molecular flexibility index (Phi) is 3.71. The highest BCUT2D eigenvalue weighted by Crippen LogP contribution is 2.33. The Morgan fingerprint density at radius 1 is 1.26 bits per heavy atom. The molecule has 2 N–H and O–H groups in total. The van der Waals surface area contributed by atoms with Gasteiger partial charge in [0.15, 0.2) is 0 Å². The number of nitrogens with two attached hydrogens (primary N) is 1. The monoisotopic (exact) mass is 355 g/mol. The second-order valence-corrected chi connectivity index (χ2v) is 7.30. The Labute approximate surface area is 127 Å². The van der Waals surface area contributed by atoms with Crippen LogP contribution in [-0.4, -0.2) is 0 Å². The largest absolute Gasteiger partial charge is 0.323 e. The Balaban J connectivity index is 1.89. The molecule has 2 aromatic heterocycles. The van der Waals surface area contributed by atoms with Crippen LogP contribution < -0.4 is 5.73 Å². The molecule has 1 atom stereocenters. The molecular formula is C14H11BrFNS2. The quantitative estimate of drug-likeness (QED) is 0.694. The van der Waals surface area contributed by atoms with Crippen molar-refractivity contribution in [1.82, 2.24) is 0 Å². The molecule has 1 unspecified atom stereocenters. The van der Waals surface area contributed by atoms with Crippen molar-refractivity contribution in [2.45, 2.75) is 12.5 Å². The van der Waals surface area contributed by atoms with Crippen molar-refractivity contribution in [3.05, 3.63) is 55.8 Å². The zero-order valence-electron chi connectivity index (χ0n) is 9.90. The molecule has 1 nitrogen and oxygen atoms in total. The molecule has 0 aliphatic heterocycles. The summed E-state index contributed by atoms with van der Waals surface area (Å²) in [6.07, 6.45) is 0.799. The fourth-order valence-corrected chi connectivity index (χ4v) is 4.64. The average molecular weight is 356 g/mol. The summed E-state index contributed by atoms with van der Waals surface area (Å²) in [5, 5.41) is 3.11. The molecule has 0 saturated heterocycles. The summed E-state index contributed by atoms with van der Waals surface area (Å²) in [4.78, 5) is 2.34. The van der Waals surface area contributed by atoms with E-state index in [1.165, 1.54) is 10.9 Å². The lowest BCUT2D eigenvalue weighted by Crippen LogP contribution is -2.11. The number of fused-ring (bicyclic) bond motifs is 1. The summed E-state index contributed by atoms with van der Waals surface area (Å²) in [5.74, 6) is -0.199. The molecule has 19 heavy (non-hydrogen) atoms. The van der Waals surface area contributed by atoms with E-state index in [2.05, 4.69) is 22.0 Å². The summed E-state index contributed by atoms with van der Waals surface area (Å²) in [7, 11) is 0. The second-order valence-electron chi connectivity index (χ2n) is 4.33. The predicted molar refractivity (Wildman–Crippen MR) is 84.4 cm³/mol. The van der Waals surface area contributed by atoms with Gasteiger partial charge in [0.2, 0.25) is 0 Å². The van der Waals surface area contributed by atoms with Crippen molar-refractivity contribution in [2.75, 3.05) is 0 Å². The standard InChI is InChI=1S/C14H11BrFNS2/c15-10-3-4-18-13(10)7-11(17)14-5-8-1-2-9(16)6-12(8)19-14/h1-6,11H,7,17H2. The zero-order valence-corrected chi connectivity index (χ0v) is 13.1. The number of benzene rings is 1. The fraction of sp³-hybridized carbons (Fsp3) is 0.143. The lowest BCUT2D eigenvalue weighted by molar-refractivity contribution is 0.630. The van der Waals surface area contributed by atoms with Gasteiger partial charge < -0.3 is 5.73 Å². The molecule has 3 rings (SSSR count). The molecule has 0 spiro atoms. The van der Waals surface area contributed by atoms with Gasteiger partial charge in [0.25, 0.3) is 0 Å². The maximum absolute atomic E-state index is 13.2. The maximum atomic E-state index is 13.2. The van der Waals surface area contributed by atoms with Crippen LogP contribution in [0.4, 0.5) is 4.39 Å². The van der Waals surface area contributed by atoms with E-state index < -0.39 is 0 Å². The summed E-state index contributed by atoms with van der Waals surface area (Å²) in [6, 6.07) is 8.91. The molecule has 0 bridgehead atoms. The molecule has 1 aromatic carbocycles. The minimum Gasteiger partial charge on any atom is -0.323 e. The number of halogens is 2. The third-order valence-corrected chi connectivity index (χ3v) is 6.14. The Morgan fingerprint density at radius 3 is 2.84 bits per heavy atom. The lowest BCUT2D eigenvalue weighted by atomic mass is 10.1. The fourth-order valence-electron chi connectivity index (χ4n) is 1.98. The van der Waals surface area contributed by atoms with Crippen LogP contribution >= 0.6 is 38.6 Å². The number of hydrogen-bond donors (Lipinski definition) is 1. The first-order valence-corrected chi connectivity index (χ1v) is 8.29. The van der Waals surface area contributed by atoms with E-state index in [1.807, 2.05) is 11.4 Å². The van der Waals surface area contributed by atoms with E-state index in [9.17, 15) is 4.39 Å². The van der Waals surface area contributed by atoms with E-state index in [4.69, 9.17) is 5.73 Å². The Bertz CT molecular complexity index is 719. The highest BCUT2D eigenvalue weighted by atomic mass is 79.9. The highest BCUT2D eigenvalue weighted by molar-refractivity contribution is 9.10. The third kappa shape index (κ3) is 2.74. The Morgan fingerprint density at radius 2 is 2.11 bits per heavy atom. The van der Waals surface area contributed by atoms with Crippen molar-refractivity contribution in [2.24, 2.45) is 5.73 Å². The molecule has 0 aliphatic carbocycles. The van der Waals surface area contributed by atoms with Gasteiger partial charge in [-0.3, -0.25) is 0 Å². The molecular weight excluding hydrogens is 345 g/mol. The number of rotatable bonds is 3. The van der Waals surface area contributed by atoms with Crippen molar-refractivity contribution in [3.63, 3.8) is 0 Å². The van der Waals surface area contributed by atoms with Crippen LogP contribution in [0.1, 0.15) is 15.8 Å². The van der Waals surface area contributed by atoms with Gasteiger partial charge in [0, 0.05) is 31.4 Å². The van der Waals surface area contributed by atoms with Gasteiger partial charge in [0.05, 0.1) is 0 Å². The van der Waals surface area contributed by atoms with Gasteiger partial charge in [-0.15, -0.1) is 22.7 Å². The van der Waals surface area contributed by atoms with E-state index in [0.717, 1.165) is 25.9 Å². The highest BCUT2D eigenvalue weighted by Gasteiger charge is 2.13. The molecule has 0 saturated carbocycles. The minimum absolute atomic E-state index is 0.0459. The van der Waals surface area contributed by atoms with Crippen LogP contribution in [0.25, 0.3) is 10.1 Å². The van der Waals surface area contributed by atoms with Crippen molar-refractivity contribution in [3.8, 4) is 0 Å². The molecule has 0 radical (unpaired) electrons. The topological polar surface area (TPSA) is 26.0 Å². The average Bonchev–Trinajstić information content (AvgIpc) is 2.96.